The van der Waals surface area contributed by atoms with Crippen LogP contribution in [0.4, 0.5) is 26.3 Å². The summed E-state index contributed by atoms with van der Waals surface area (Å²) in [5.41, 5.74) is -2.88. The summed E-state index contributed by atoms with van der Waals surface area (Å²) in [7, 11) is -3.59. The summed E-state index contributed by atoms with van der Waals surface area (Å²) in [5.74, 6) is -3.95. The highest BCUT2D eigenvalue weighted by atomic mass is 35.5. The predicted octanol–water partition coefficient (Wildman–Crippen LogP) is 7.97. The first kappa shape index (κ1) is 32.3. The van der Waals surface area contributed by atoms with Gasteiger partial charge in [0, 0.05) is 6.04 Å². The van der Waals surface area contributed by atoms with Crippen LogP contribution in [-0.4, -0.2) is 37.5 Å². The van der Waals surface area contributed by atoms with Crippen molar-refractivity contribution in [1.82, 2.24) is 5.32 Å². The molecule has 1 N–H and O–H groups in total. The SMILES string of the molecule is CC(C)S(=O)(=O)C[C@@H](C)NC(=O)c1ccc(/C=C/C(c2cc(Cl)c(Cl)c(Cl)c2)C(F)(F)F)cc1C(F)(F)F. The normalized spacial score (nSPS) is 14.7. The summed E-state index contributed by atoms with van der Waals surface area (Å²) < 4.78 is 107. The molecule has 0 heterocycles. The smallest absolute Gasteiger partial charge is 0.349 e. The van der Waals surface area contributed by atoms with Crippen molar-refractivity contribution in [2.24, 2.45) is 0 Å². The average Bonchev–Trinajstić information content (AvgIpc) is 2.75. The molecule has 0 radical (unpaired) electrons. The molecule has 1 unspecified atom stereocenters. The first-order chi connectivity index (χ1) is 17.2. The monoisotopic (exact) mass is 623 g/mol. The van der Waals surface area contributed by atoms with Crippen LogP contribution in [0.25, 0.3) is 6.08 Å². The summed E-state index contributed by atoms with van der Waals surface area (Å²) in [6.07, 6.45) is -8.44. The molecule has 0 aliphatic carbocycles. The molecule has 2 rings (SSSR count). The number of carbonyl (C=O) groups is 1. The molecular formula is C24H22Cl3F6NO3S. The molecule has 0 aliphatic rings. The molecule has 2 aromatic carbocycles. The van der Waals surface area contributed by atoms with Crippen LogP contribution >= 0.6 is 34.8 Å². The van der Waals surface area contributed by atoms with Gasteiger partial charge in [-0.25, -0.2) is 8.42 Å². The van der Waals surface area contributed by atoms with Gasteiger partial charge in [0.2, 0.25) is 0 Å². The minimum atomic E-state index is -5.04. The van der Waals surface area contributed by atoms with Crippen LogP contribution in [-0.2, 0) is 16.0 Å². The van der Waals surface area contributed by atoms with E-state index in [4.69, 9.17) is 34.8 Å². The van der Waals surface area contributed by atoms with E-state index in [2.05, 4.69) is 5.32 Å². The lowest BCUT2D eigenvalue weighted by Crippen LogP contribution is -2.39. The molecular weight excluding hydrogens is 603 g/mol. The first-order valence-corrected chi connectivity index (χ1v) is 13.7. The van der Waals surface area contributed by atoms with Crippen molar-refractivity contribution in [1.29, 1.82) is 0 Å². The topological polar surface area (TPSA) is 63.2 Å². The van der Waals surface area contributed by atoms with Gasteiger partial charge >= 0.3 is 12.4 Å². The van der Waals surface area contributed by atoms with Crippen molar-refractivity contribution in [2.75, 3.05) is 5.75 Å². The van der Waals surface area contributed by atoms with E-state index in [0.29, 0.717) is 12.1 Å². The average molecular weight is 625 g/mol. The Morgan fingerprint density at radius 3 is 2.00 bits per heavy atom. The zero-order chi connectivity index (χ0) is 29.2. The van der Waals surface area contributed by atoms with Crippen LogP contribution in [0.2, 0.25) is 15.1 Å². The molecule has 0 aliphatic heterocycles. The lowest BCUT2D eigenvalue weighted by molar-refractivity contribution is -0.139. The molecule has 210 valence electrons. The number of allylic oxidation sites excluding steroid dienone is 1. The molecule has 38 heavy (non-hydrogen) atoms. The highest BCUT2D eigenvalue weighted by molar-refractivity contribution is 7.92. The van der Waals surface area contributed by atoms with Gasteiger partial charge < -0.3 is 5.32 Å². The van der Waals surface area contributed by atoms with Crippen molar-refractivity contribution in [2.45, 2.75) is 50.3 Å². The number of amides is 1. The molecule has 0 saturated carbocycles. The standard InChI is InChI=1S/C24H22Cl3F6NO3S/c1-12(2)38(36,37)11-13(3)34-22(35)16-6-4-14(8-18(16)24(31,32)33)5-7-17(23(28,29)30)15-9-19(25)21(27)20(26)10-15/h4-10,12-13,17H,11H2,1-3H3,(H,34,35)/b7-5+/t13-,17?/m1/s1. The lowest BCUT2D eigenvalue weighted by atomic mass is 9.96. The van der Waals surface area contributed by atoms with Crippen LogP contribution in [0.5, 0.6) is 0 Å². The van der Waals surface area contributed by atoms with E-state index in [1.165, 1.54) is 20.8 Å². The van der Waals surface area contributed by atoms with Crippen molar-refractivity contribution >= 4 is 56.6 Å². The number of benzene rings is 2. The van der Waals surface area contributed by atoms with Crippen LogP contribution in [0.1, 0.15) is 53.7 Å². The van der Waals surface area contributed by atoms with E-state index in [9.17, 15) is 39.6 Å². The Labute approximate surface area is 230 Å². The van der Waals surface area contributed by atoms with E-state index in [0.717, 1.165) is 30.3 Å². The second kappa shape index (κ2) is 12.1. The molecule has 0 spiro atoms. The van der Waals surface area contributed by atoms with Crippen molar-refractivity contribution in [3.8, 4) is 0 Å². The predicted molar refractivity (Wildman–Crippen MR) is 137 cm³/mol. The Hall–Kier alpha value is -1.95. The number of alkyl halides is 6. The maximum absolute atomic E-state index is 13.8. The third-order valence-electron chi connectivity index (χ3n) is 5.37. The number of halogens is 9. The second-order valence-electron chi connectivity index (χ2n) is 8.73. The number of nitrogens with one attached hydrogen (secondary N) is 1. The van der Waals surface area contributed by atoms with E-state index in [-0.39, 0.29) is 26.2 Å². The Bertz CT molecular complexity index is 1300. The highest BCUT2D eigenvalue weighted by Gasteiger charge is 2.40. The van der Waals surface area contributed by atoms with Gasteiger partial charge in [0.05, 0.1) is 43.1 Å². The number of rotatable bonds is 8. The second-order valence-corrected chi connectivity index (χ2v) is 12.5. The highest BCUT2D eigenvalue weighted by Crippen LogP contribution is 2.41. The fourth-order valence-electron chi connectivity index (χ4n) is 3.35. The molecule has 0 bridgehead atoms. The summed E-state index contributed by atoms with van der Waals surface area (Å²) in [6.45, 7) is 4.18. The van der Waals surface area contributed by atoms with Gasteiger partial charge in [-0.15, -0.1) is 0 Å². The summed E-state index contributed by atoms with van der Waals surface area (Å²) in [5, 5.41) is 0.855. The van der Waals surface area contributed by atoms with Gasteiger partial charge in [0.1, 0.15) is 0 Å². The van der Waals surface area contributed by atoms with E-state index < -0.39 is 62.2 Å². The Kier molecular flexibility index (Phi) is 10.2. The molecule has 2 aromatic rings. The summed E-state index contributed by atoms with van der Waals surface area (Å²) in [4.78, 5) is 12.6. The minimum absolute atomic E-state index is 0.151. The van der Waals surface area contributed by atoms with Crippen LogP contribution in [0.3, 0.4) is 0 Å². The zero-order valence-electron chi connectivity index (χ0n) is 20.0. The third-order valence-corrected chi connectivity index (χ3v) is 8.97. The number of carbonyl (C=O) groups excluding carboxylic acids is 1. The summed E-state index contributed by atoms with van der Waals surface area (Å²) in [6, 6.07) is 3.27. The van der Waals surface area contributed by atoms with Gasteiger partial charge in [-0.05, 0) is 56.2 Å². The molecule has 0 saturated heterocycles. The summed E-state index contributed by atoms with van der Waals surface area (Å²) >= 11 is 17.4. The fraction of sp³-hybridized carbons (Fsp3) is 0.375. The van der Waals surface area contributed by atoms with Crippen molar-refractivity contribution in [3.63, 3.8) is 0 Å². The number of sulfone groups is 1. The van der Waals surface area contributed by atoms with Crippen LogP contribution in [0, 0.1) is 0 Å². The molecule has 4 nitrogen and oxygen atoms in total. The zero-order valence-corrected chi connectivity index (χ0v) is 23.1. The molecule has 0 aromatic heterocycles. The van der Waals surface area contributed by atoms with Gasteiger partial charge in [0.15, 0.2) is 9.84 Å². The maximum atomic E-state index is 13.8. The quantitative estimate of drug-likeness (QED) is 0.239. The molecule has 14 heteroatoms. The Morgan fingerprint density at radius 1 is 0.974 bits per heavy atom. The van der Waals surface area contributed by atoms with Crippen molar-refractivity contribution < 1.29 is 39.6 Å². The van der Waals surface area contributed by atoms with Crippen molar-refractivity contribution in [3.05, 3.63) is 73.7 Å². The van der Waals surface area contributed by atoms with Gasteiger partial charge in [-0.2, -0.15) is 26.3 Å². The fourth-order valence-corrected chi connectivity index (χ4v) is 5.13. The molecule has 1 amide bonds. The molecule has 2 atom stereocenters. The third kappa shape index (κ3) is 8.27. The van der Waals surface area contributed by atoms with Gasteiger partial charge in [0.25, 0.3) is 5.91 Å². The molecule has 0 fully saturated rings. The van der Waals surface area contributed by atoms with E-state index in [1.807, 2.05) is 0 Å². The number of hydrogen-bond donors (Lipinski definition) is 1. The Balaban J connectivity index is 2.43. The van der Waals surface area contributed by atoms with Gasteiger partial charge in [-0.3, -0.25) is 4.79 Å². The number of hydrogen-bond acceptors (Lipinski definition) is 3. The largest absolute Gasteiger partial charge is 0.417 e. The van der Waals surface area contributed by atoms with E-state index in [1.54, 1.807) is 0 Å². The van der Waals surface area contributed by atoms with Crippen LogP contribution < -0.4 is 5.32 Å². The Morgan fingerprint density at radius 2 is 1.53 bits per heavy atom. The van der Waals surface area contributed by atoms with E-state index >= 15 is 0 Å². The van der Waals surface area contributed by atoms with Crippen LogP contribution in [0.15, 0.2) is 36.4 Å². The maximum Gasteiger partial charge on any atom is 0.417 e. The van der Waals surface area contributed by atoms with Gasteiger partial charge in [-0.1, -0.05) is 53.0 Å². The lowest BCUT2D eigenvalue weighted by Gasteiger charge is -2.19. The minimum Gasteiger partial charge on any atom is -0.349 e. The first-order valence-electron chi connectivity index (χ1n) is 10.9.